The molecular formula is C14H25N3S. The molecule has 1 atom stereocenters. The Kier molecular flexibility index (Phi) is 4.41. The van der Waals surface area contributed by atoms with Crippen molar-refractivity contribution in [3.63, 3.8) is 0 Å². The average Bonchev–Trinajstić information content (AvgIpc) is 2.88. The lowest BCUT2D eigenvalue weighted by Crippen LogP contribution is -2.35. The number of aromatic nitrogens is 1. The van der Waals surface area contributed by atoms with Gasteiger partial charge in [-0.15, -0.1) is 11.3 Å². The van der Waals surface area contributed by atoms with Gasteiger partial charge in [0.25, 0.3) is 0 Å². The van der Waals surface area contributed by atoms with Crippen LogP contribution >= 0.6 is 11.3 Å². The molecule has 0 aromatic carbocycles. The van der Waals surface area contributed by atoms with Crippen molar-refractivity contribution in [1.29, 1.82) is 0 Å². The molecule has 102 valence electrons. The van der Waals surface area contributed by atoms with Crippen LogP contribution in [0.2, 0.25) is 0 Å². The first kappa shape index (κ1) is 14.0. The molecule has 0 amide bonds. The van der Waals surface area contributed by atoms with Gasteiger partial charge >= 0.3 is 0 Å². The Morgan fingerprint density at radius 3 is 2.83 bits per heavy atom. The zero-order valence-corrected chi connectivity index (χ0v) is 12.8. The van der Waals surface area contributed by atoms with E-state index in [2.05, 4.69) is 43.4 Å². The highest BCUT2D eigenvalue weighted by Gasteiger charge is 2.20. The summed E-state index contributed by atoms with van der Waals surface area (Å²) in [4.78, 5) is 7.16. The van der Waals surface area contributed by atoms with Crippen molar-refractivity contribution in [2.75, 3.05) is 20.1 Å². The van der Waals surface area contributed by atoms with Gasteiger partial charge in [-0.25, -0.2) is 4.98 Å². The van der Waals surface area contributed by atoms with Gasteiger partial charge in [-0.3, -0.25) is 0 Å². The van der Waals surface area contributed by atoms with Crippen LogP contribution < -0.4 is 5.32 Å². The Morgan fingerprint density at radius 1 is 1.50 bits per heavy atom. The van der Waals surface area contributed by atoms with Gasteiger partial charge in [-0.05, 0) is 26.4 Å². The quantitative estimate of drug-likeness (QED) is 0.909. The Bertz CT molecular complexity index is 381. The van der Waals surface area contributed by atoms with Crippen LogP contribution in [0.3, 0.4) is 0 Å². The second-order valence-corrected chi connectivity index (χ2v) is 7.16. The summed E-state index contributed by atoms with van der Waals surface area (Å²) in [6.45, 7) is 9.89. The lowest BCUT2D eigenvalue weighted by molar-refractivity contribution is 0.300. The van der Waals surface area contributed by atoms with E-state index in [0.717, 1.165) is 13.1 Å². The number of hydrogen-bond donors (Lipinski definition) is 1. The second-order valence-electron chi connectivity index (χ2n) is 6.30. The Morgan fingerprint density at radius 2 is 2.28 bits per heavy atom. The van der Waals surface area contributed by atoms with Gasteiger partial charge in [-0.2, -0.15) is 0 Å². The van der Waals surface area contributed by atoms with E-state index in [1.807, 2.05) is 0 Å². The molecule has 1 unspecified atom stereocenters. The van der Waals surface area contributed by atoms with Crippen molar-refractivity contribution in [2.24, 2.45) is 0 Å². The summed E-state index contributed by atoms with van der Waals surface area (Å²) in [5.74, 6) is 0. The second kappa shape index (κ2) is 5.68. The molecule has 2 heterocycles. The summed E-state index contributed by atoms with van der Waals surface area (Å²) in [5.41, 5.74) is 1.36. The van der Waals surface area contributed by atoms with E-state index in [9.17, 15) is 0 Å². The normalized spacial score (nSPS) is 21.7. The molecule has 4 heteroatoms. The van der Waals surface area contributed by atoms with E-state index >= 15 is 0 Å². The molecule has 0 spiro atoms. The highest BCUT2D eigenvalue weighted by atomic mass is 32.1. The van der Waals surface area contributed by atoms with Crippen molar-refractivity contribution >= 4 is 11.3 Å². The molecule has 0 bridgehead atoms. The number of likely N-dealkylation sites (tertiary alicyclic amines) is 1. The molecule has 1 aromatic heterocycles. The minimum absolute atomic E-state index is 0.175. The zero-order valence-electron chi connectivity index (χ0n) is 12.0. The van der Waals surface area contributed by atoms with Crippen molar-refractivity contribution in [3.8, 4) is 0 Å². The monoisotopic (exact) mass is 267 g/mol. The largest absolute Gasteiger partial charge is 0.310 e. The molecule has 3 nitrogen and oxygen atoms in total. The van der Waals surface area contributed by atoms with Crippen LogP contribution in [-0.2, 0) is 12.0 Å². The predicted molar refractivity (Wildman–Crippen MR) is 78.2 cm³/mol. The molecule has 0 aliphatic carbocycles. The molecule has 1 saturated heterocycles. The summed E-state index contributed by atoms with van der Waals surface area (Å²) >= 11 is 1.78. The van der Waals surface area contributed by atoms with E-state index < -0.39 is 0 Å². The maximum atomic E-state index is 4.71. The number of nitrogens with one attached hydrogen (secondary N) is 1. The molecule has 1 fully saturated rings. The Balaban J connectivity index is 1.78. The van der Waals surface area contributed by atoms with Crippen LogP contribution in [0.1, 0.15) is 44.3 Å². The summed E-state index contributed by atoms with van der Waals surface area (Å²) in [5, 5.41) is 6.96. The molecule has 18 heavy (non-hydrogen) atoms. The average molecular weight is 267 g/mol. The van der Waals surface area contributed by atoms with Crippen LogP contribution in [0.15, 0.2) is 5.38 Å². The van der Waals surface area contributed by atoms with Crippen LogP contribution in [0.4, 0.5) is 0 Å². The minimum atomic E-state index is 0.175. The lowest BCUT2D eigenvalue weighted by Gasteiger charge is -2.19. The standard InChI is InChI=1S/C14H25N3S/c1-14(2,3)13-16-11(10-18-13)8-15-9-12-6-5-7-17(12)4/h10,12,15H,5-9H2,1-4H3. The van der Waals surface area contributed by atoms with E-state index in [1.54, 1.807) is 11.3 Å². The van der Waals surface area contributed by atoms with Gasteiger partial charge in [0, 0.05) is 29.9 Å². The highest BCUT2D eigenvalue weighted by molar-refractivity contribution is 7.09. The summed E-state index contributed by atoms with van der Waals surface area (Å²) in [6, 6.07) is 0.714. The fourth-order valence-corrected chi connectivity index (χ4v) is 3.24. The van der Waals surface area contributed by atoms with Crippen molar-refractivity contribution in [3.05, 3.63) is 16.1 Å². The topological polar surface area (TPSA) is 28.2 Å². The molecule has 1 N–H and O–H groups in total. The Hall–Kier alpha value is -0.450. The SMILES string of the molecule is CN1CCCC1CNCc1csc(C(C)(C)C)n1. The maximum Gasteiger partial charge on any atom is 0.0982 e. The summed E-state index contributed by atoms with van der Waals surface area (Å²) < 4.78 is 0. The molecule has 1 aliphatic rings. The first-order valence-corrected chi connectivity index (χ1v) is 7.70. The van der Waals surface area contributed by atoms with Gasteiger partial charge in [0.15, 0.2) is 0 Å². The lowest BCUT2D eigenvalue weighted by atomic mass is 9.98. The van der Waals surface area contributed by atoms with E-state index in [4.69, 9.17) is 4.98 Å². The fourth-order valence-electron chi connectivity index (χ4n) is 2.34. The van der Waals surface area contributed by atoms with E-state index in [1.165, 1.54) is 30.1 Å². The molecule has 1 aromatic rings. The van der Waals surface area contributed by atoms with Crippen molar-refractivity contribution in [1.82, 2.24) is 15.2 Å². The number of nitrogens with zero attached hydrogens (tertiary/aromatic N) is 2. The molecule has 0 radical (unpaired) electrons. The first-order chi connectivity index (χ1) is 8.47. The van der Waals surface area contributed by atoms with E-state index in [0.29, 0.717) is 6.04 Å². The van der Waals surface area contributed by atoms with Crippen molar-refractivity contribution < 1.29 is 0 Å². The third kappa shape index (κ3) is 3.53. The Labute approximate surface area is 115 Å². The van der Waals surface area contributed by atoms with Crippen LogP contribution in [0, 0.1) is 0 Å². The maximum absolute atomic E-state index is 4.71. The van der Waals surface area contributed by atoms with Gasteiger partial charge < -0.3 is 10.2 Å². The minimum Gasteiger partial charge on any atom is -0.310 e. The summed E-state index contributed by atoms with van der Waals surface area (Å²) in [7, 11) is 2.22. The number of likely N-dealkylation sites (N-methyl/N-ethyl adjacent to an activating group) is 1. The fraction of sp³-hybridized carbons (Fsp3) is 0.786. The molecule has 2 rings (SSSR count). The third-order valence-electron chi connectivity index (χ3n) is 3.55. The molecular weight excluding hydrogens is 242 g/mol. The van der Waals surface area contributed by atoms with Crippen molar-refractivity contribution in [2.45, 2.75) is 51.6 Å². The van der Waals surface area contributed by atoms with Gasteiger partial charge in [-0.1, -0.05) is 20.8 Å². The number of hydrogen-bond acceptors (Lipinski definition) is 4. The summed E-state index contributed by atoms with van der Waals surface area (Å²) in [6.07, 6.45) is 2.67. The van der Waals surface area contributed by atoms with Gasteiger partial charge in [0.2, 0.25) is 0 Å². The smallest absolute Gasteiger partial charge is 0.0982 e. The first-order valence-electron chi connectivity index (χ1n) is 6.82. The predicted octanol–water partition coefficient (Wildman–Crippen LogP) is 2.62. The van der Waals surface area contributed by atoms with E-state index in [-0.39, 0.29) is 5.41 Å². The number of rotatable bonds is 4. The molecule has 0 saturated carbocycles. The third-order valence-corrected chi connectivity index (χ3v) is 4.87. The number of thiazole rings is 1. The van der Waals surface area contributed by atoms with Gasteiger partial charge in [0.1, 0.15) is 0 Å². The zero-order chi connectivity index (χ0) is 13.2. The van der Waals surface area contributed by atoms with Crippen LogP contribution in [0.5, 0.6) is 0 Å². The van der Waals surface area contributed by atoms with Crippen LogP contribution in [-0.4, -0.2) is 36.1 Å². The van der Waals surface area contributed by atoms with Gasteiger partial charge in [0.05, 0.1) is 10.7 Å². The highest BCUT2D eigenvalue weighted by Crippen LogP contribution is 2.25. The van der Waals surface area contributed by atoms with Crippen LogP contribution in [0.25, 0.3) is 0 Å². The molecule has 1 aliphatic heterocycles.